The van der Waals surface area contributed by atoms with E-state index in [9.17, 15) is 0 Å². The van der Waals surface area contributed by atoms with E-state index in [-0.39, 0.29) is 6.10 Å². The number of anilines is 1. The zero-order chi connectivity index (χ0) is 20.8. The van der Waals surface area contributed by atoms with E-state index >= 15 is 0 Å². The molecule has 0 aliphatic carbocycles. The van der Waals surface area contributed by atoms with E-state index in [0.717, 1.165) is 56.6 Å². The van der Waals surface area contributed by atoms with Crippen molar-refractivity contribution in [3.8, 4) is 5.75 Å². The van der Waals surface area contributed by atoms with Gasteiger partial charge in [-0.2, -0.15) is 0 Å². The maximum absolute atomic E-state index is 5.91. The number of aromatic nitrogens is 3. The van der Waals surface area contributed by atoms with Crippen LogP contribution in [0.4, 0.5) is 5.95 Å². The normalized spacial score (nSPS) is 17.8. The molecule has 1 aliphatic rings. The van der Waals surface area contributed by atoms with E-state index in [2.05, 4.69) is 51.0 Å². The van der Waals surface area contributed by atoms with Crippen LogP contribution in [0.2, 0.25) is 0 Å². The molecule has 3 heterocycles. The fourth-order valence-corrected chi connectivity index (χ4v) is 4.73. The van der Waals surface area contributed by atoms with Crippen molar-refractivity contribution in [1.29, 1.82) is 0 Å². The molecule has 1 aromatic carbocycles. The van der Waals surface area contributed by atoms with Crippen LogP contribution in [0, 0.1) is 5.92 Å². The summed E-state index contributed by atoms with van der Waals surface area (Å²) in [6.07, 6.45) is 2.00. The zero-order valence-electron chi connectivity index (χ0n) is 17.7. The minimum atomic E-state index is 0.206. The Morgan fingerprint density at radius 1 is 1.20 bits per heavy atom. The summed E-state index contributed by atoms with van der Waals surface area (Å²) in [4.78, 5) is 3.73. The van der Waals surface area contributed by atoms with Gasteiger partial charge in [0.2, 0.25) is 5.95 Å². The Hall–Kier alpha value is -2.38. The van der Waals surface area contributed by atoms with Crippen molar-refractivity contribution in [2.75, 3.05) is 31.2 Å². The lowest BCUT2D eigenvalue weighted by molar-refractivity contribution is 0.0523. The summed E-state index contributed by atoms with van der Waals surface area (Å²) in [5.41, 5.74) is 0. The summed E-state index contributed by atoms with van der Waals surface area (Å²) < 4.78 is 13.9. The molecule has 160 valence electrons. The maximum atomic E-state index is 5.91. The number of thiophene rings is 1. The Labute approximate surface area is 182 Å². The fraction of sp³-hybridized carbons (Fsp3) is 0.478. The van der Waals surface area contributed by atoms with Crippen molar-refractivity contribution in [3.05, 3.63) is 58.5 Å². The van der Waals surface area contributed by atoms with Crippen LogP contribution >= 0.6 is 11.3 Å². The van der Waals surface area contributed by atoms with Crippen LogP contribution < -0.4 is 9.64 Å². The van der Waals surface area contributed by atoms with E-state index < -0.39 is 0 Å². The largest absolute Gasteiger partial charge is 0.493 e. The Morgan fingerprint density at radius 2 is 2.07 bits per heavy atom. The fourth-order valence-electron chi connectivity index (χ4n) is 3.86. The minimum absolute atomic E-state index is 0.206. The highest BCUT2D eigenvalue weighted by Gasteiger charge is 2.24. The molecule has 1 aliphatic heterocycles. The van der Waals surface area contributed by atoms with Gasteiger partial charge in [0.05, 0.1) is 19.3 Å². The van der Waals surface area contributed by atoms with Gasteiger partial charge in [0.15, 0.2) is 0 Å². The molecule has 4 rings (SSSR count). The predicted molar refractivity (Wildman–Crippen MR) is 120 cm³/mol. The van der Waals surface area contributed by atoms with Crippen molar-refractivity contribution in [2.45, 2.75) is 39.3 Å². The van der Waals surface area contributed by atoms with Crippen molar-refractivity contribution >= 4 is 17.3 Å². The topological polar surface area (TPSA) is 52.4 Å². The third-order valence-electron chi connectivity index (χ3n) is 5.29. The second kappa shape index (κ2) is 10.1. The molecule has 6 nitrogen and oxygen atoms in total. The Bertz CT molecular complexity index is 897. The number of ether oxygens (including phenoxy) is 2. The van der Waals surface area contributed by atoms with Crippen molar-refractivity contribution in [3.63, 3.8) is 0 Å². The highest BCUT2D eigenvalue weighted by Crippen LogP contribution is 2.22. The van der Waals surface area contributed by atoms with Crippen molar-refractivity contribution in [1.82, 2.24) is 14.8 Å². The van der Waals surface area contributed by atoms with E-state index in [4.69, 9.17) is 9.47 Å². The number of hydrogen-bond acceptors (Lipinski definition) is 6. The summed E-state index contributed by atoms with van der Waals surface area (Å²) in [6.45, 7) is 8.32. The molecule has 7 heteroatoms. The van der Waals surface area contributed by atoms with Crippen LogP contribution in [0.25, 0.3) is 0 Å². The molecule has 0 radical (unpaired) electrons. The molecule has 0 bridgehead atoms. The van der Waals surface area contributed by atoms with Gasteiger partial charge >= 0.3 is 0 Å². The van der Waals surface area contributed by atoms with Gasteiger partial charge in [0.1, 0.15) is 11.6 Å². The van der Waals surface area contributed by atoms with E-state index in [1.54, 1.807) is 0 Å². The Kier molecular flexibility index (Phi) is 7.02. The highest BCUT2D eigenvalue weighted by molar-refractivity contribution is 7.09. The summed E-state index contributed by atoms with van der Waals surface area (Å²) >= 11 is 1.82. The number of para-hydroxylation sites is 1. The molecule has 0 saturated carbocycles. The Balaban J connectivity index is 1.48. The molecule has 0 amide bonds. The van der Waals surface area contributed by atoms with Crippen LogP contribution in [-0.4, -0.2) is 47.2 Å². The number of hydrogen-bond donors (Lipinski definition) is 0. The quantitative estimate of drug-likeness (QED) is 0.516. The lowest BCUT2D eigenvalue weighted by Crippen LogP contribution is -2.42. The Morgan fingerprint density at radius 3 is 2.83 bits per heavy atom. The second-order valence-electron chi connectivity index (χ2n) is 7.95. The number of benzene rings is 1. The summed E-state index contributed by atoms with van der Waals surface area (Å²) in [7, 11) is 0. The van der Waals surface area contributed by atoms with Gasteiger partial charge in [-0.25, -0.2) is 0 Å². The van der Waals surface area contributed by atoms with Gasteiger partial charge in [-0.05, 0) is 42.8 Å². The highest BCUT2D eigenvalue weighted by atomic mass is 32.1. The van der Waals surface area contributed by atoms with Crippen molar-refractivity contribution < 1.29 is 9.47 Å². The van der Waals surface area contributed by atoms with E-state index in [1.165, 1.54) is 4.88 Å². The summed E-state index contributed by atoms with van der Waals surface area (Å²) in [5, 5.41) is 11.3. The molecular formula is C23H30N4O2S. The summed E-state index contributed by atoms with van der Waals surface area (Å²) in [6, 6.07) is 14.3. The summed E-state index contributed by atoms with van der Waals surface area (Å²) in [5.74, 6) is 3.32. The number of nitrogens with zero attached hydrogens (tertiary/aromatic N) is 4. The molecular weight excluding hydrogens is 396 g/mol. The van der Waals surface area contributed by atoms with Crippen LogP contribution in [0.1, 0.15) is 24.5 Å². The minimum Gasteiger partial charge on any atom is -0.493 e. The van der Waals surface area contributed by atoms with Gasteiger partial charge in [0, 0.05) is 30.9 Å². The smallest absolute Gasteiger partial charge is 0.227 e. The lowest BCUT2D eigenvalue weighted by Gasteiger charge is -2.32. The molecule has 2 aromatic heterocycles. The first-order valence-corrected chi connectivity index (χ1v) is 11.6. The first kappa shape index (κ1) is 20.9. The lowest BCUT2D eigenvalue weighted by atomic mass is 10.1. The van der Waals surface area contributed by atoms with Crippen LogP contribution in [-0.2, 0) is 24.1 Å². The van der Waals surface area contributed by atoms with Gasteiger partial charge in [-0.1, -0.05) is 31.2 Å². The number of rotatable bonds is 9. The predicted octanol–water partition coefficient (Wildman–Crippen LogP) is 4.07. The average Bonchev–Trinajstić information content (AvgIpc) is 3.39. The average molecular weight is 427 g/mol. The van der Waals surface area contributed by atoms with Gasteiger partial charge in [-0.3, -0.25) is 4.57 Å². The maximum Gasteiger partial charge on any atom is 0.227 e. The third-order valence-corrected chi connectivity index (χ3v) is 6.19. The van der Waals surface area contributed by atoms with Gasteiger partial charge in [0.25, 0.3) is 0 Å². The second-order valence-corrected chi connectivity index (χ2v) is 8.99. The first-order chi connectivity index (χ1) is 14.7. The van der Waals surface area contributed by atoms with E-state index in [1.807, 2.05) is 41.7 Å². The third kappa shape index (κ3) is 5.40. The zero-order valence-corrected chi connectivity index (χ0v) is 18.6. The molecule has 2 atom stereocenters. The van der Waals surface area contributed by atoms with Gasteiger partial charge < -0.3 is 14.4 Å². The molecule has 0 spiro atoms. The van der Waals surface area contributed by atoms with Gasteiger partial charge in [-0.15, -0.1) is 21.5 Å². The molecule has 2 unspecified atom stereocenters. The molecule has 0 N–H and O–H groups in total. The standard InChI is InChI=1S/C23H30N4O2S/c1-18(15-21-9-6-14-30-21)16-27-22(10-12-29-20-7-4-3-5-8-20)24-25-23(27)26-11-13-28-19(2)17-26/h3-9,14,18-19H,10-13,15-17H2,1-2H3. The number of morpholine rings is 1. The van der Waals surface area contributed by atoms with Crippen LogP contribution in [0.3, 0.4) is 0 Å². The van der Waals surface area contributed by atoms with Crippen molar-refractivity contribution in [2.24, 2.45) is 5.92 Å². The van der Waals surface area contributed by atoms with E-state index in [0.29, 0.717) is 12.5 Å². The SMILES string of the molecule is CC(Cc1cccs1)Cn1c(CCOc2ccccc2)nnc1N1CCOC(C)C1. The molecule has 3 aromatic rings. The molecule has 1 saturated heterocycles. The monoisotopic (exact) mass is 426 g/mol. The molecule has 1 fully saturated rings. The molecule has 30 heavy (non-hydrogen) atoms. The van der Waals surface area contributed by atoms with Crippen LogP contribution in [0.15, 0.2) is 47.8 Å². The first-order valence-electron chi connectivity index (χ1n) is 10.7. The van der Waals surface area contributed by atoms with Crippen LogP contribution in [0.5, 0.6) is 5.75 Å².